The minimum absolute atomic E-state index is 0.0408. The standard InChI is InChI=1S/C15H18ClNOS/c16-14-8-6-13(19-14)7-9-15(18)17-11-10-12-4-2-1-3-5-12/h4,6-9H,1-3,5,10-11H2,(H,17,18). The van der Waals surface area contributed by atoms with Crippen molar-refractivity contribution in [3.8, 4) is 0 Å². The summed E-state index contributed by atoms with van der Waals surface area (Å²) in [6, 6.07) is 3.74. The van der Waals surface area contributed by atoms with Gasteiger partial charge in [-0.25, -0.2) is 0 Å². The van der Waals surface area contributed by atoms with E-state index in [1.54, 1.807) is 12.2 Å². The number of amides is 1. The van der Waals surface area contributed by atoms with E-state index in [1.807, 2.05) is 12.1 Å². The highest BCUT2D eigenvalue weighted by Gasteiger charge is 2.03. The summed E-state index contributed by atoms with van der Waals surface area (Å²) >= 11 is 7.29. The van der Waals surface area contributed by atoms with Crippen molar-refractivity contribution in [2.24, 2.45) is 0 Å². The molecular weight excluding hydrogens is 278 g/mol. The molecule has 1 aromatic rings. The maximum absolute atomic E-state index is 11.6. The van der Waals surface area contributed by atoms with Gasteiger partial charge in [0, 0.05) is 17.5 Å². The quantitative estimate of drug-likeness (QED) is 0.632. The Morgan fingerprint density at radius 3 is 3.00 bits per heavy atom. The van der Waals surface area contributed by atoms with Gasteiger partial charge in [0.05, 0.1) is 4.34 Å². The number of hydrogen-bond acceptors (Lipinski definition) is 2. The van der Waals surface area contributed by atoms with Crippen LogP contribution in [-0.2, 0) is 4.79 Å². The van der Waals surface area contributed by atoms with Gasteiger partial charge in [-0.3, -0.25) is 4.79 Å². The molecule has 102 valence electrons. The maximum Gasteiger partial charge on any atom is 0.244 e. The molecule has 19 heavy (non-hydrogen) atoms. The Hall–Kier alpha value is -1.06. The van der Waals surface area contributed by atoms with E-state index in [2.05, 4.69) is 11.4 Å². The lowest BCUT2D eigenvalue weighted by Gasteiger charge is -2.12. The first-order valence-corrected chi connectivity index (χ1v) is 7.82. The lowest BCUT2D eigenvalue weighted by Crippen LogP contribution is -2.22. The van der Waals surface area contributed by atoms with E-state index in [-0.39, 0.29) is 5.91 Å². The lowest BCUT2D eigenvalue weighted by atomic mass is 9.97. The van der Waals surface area contributed by atoms with Crippen LogP contribution in [0.5, 0.6) is 0 Å². The van der Waals surface area contributed by atoms with Crippen LogP contribution >= 0.6 is 22.9 Å². The van der Waals surface area contributed by atoms with Crippen LogP contribution in [-0.4, -0.2) is 12.5 Å². The van der Waals surface area contributed by atoms with E-state index in [0.29, 0.717) is 0 Å². The second-order valence-electron chi connectivity index (χ2n) is 4.62. The van der Waals surface area contributed by atoms with Crippen LogP contribution in [0.2, 0.25) is 4.34 Å². The molecule has 0 bridgehead atoms. The van der Waals surface area contributed by atoms with Crippen molar-refractivity contribution in [2.75, 3.05) is 6.54 Å². The van der Waals surface area contributed by atoms with Crippen LogP contribution in [0.25, 0.3) is 6.08 Å². The summed E-state index contributed by atoms with van der Waals surface area (Å²) in [5.74, 6) is -0.0408. The minimum atomic E-state index is -0.0408. The van der Waals surface area contributed by atoms with Gasteiger partial charge in [-0.05, 0) is 50.3 Å². The van der Waals surface area contributed by atoms with Crippen LogP contribution in [0.4, 0.5) is 0 Å². The van der Waals surface area contributed by atoms with Crippen LogP contribution in [0, 0.1) is 0 Å². The Bertz CT molecular complexity index is 490. The van der Waals surface area contributed by atoms with Crippen molar-refractivity contribution < 1.29 is 4.79 Å². The number of carbonyl (C=O) groups is 1. The normalized spacial score (nSPS) is 15.5. The molecule has 0 aliphatic heterocycles. The molecule has 0 radical (unpaired) electrons. The number of rotatable bonds is 5. The van der Waals surface area contributed by atoms with Gasteiger partial charge in [0.2, 0.25) is 5.91 Å². The van der Waals surface area contributed by atoms with E-state index >= 15 is 0 Å². The SMILES string of the molecule is O=C(C=Cc1ccc(Cl)s1)NCCC1=CCCCC1. The van der Waals surface area contributed by atoms with Gasteiger partial charge in [-0.15, -0.1) is 11.3 Å². The van der Waals surface area contributed by atoms with E-state index < -0.39 is 0 Å². The van der Waals surface area contributed by atoms with Crippen molar-refractivity contribution in [3.05, 3.63) is 39.1 Å². The smallest absolute Gasteiger partial charge is 0.244 e. The summed E-state index contributed by atoms with van der Waals surface area (Å²) in [4.78, 5) is 12.6. The molecule has 0 spiro atoms. The maximum atomic E-state index is 11.6. The number of halogens is 1. The predicted molar refractivity (Wildman–Crippen MR) is 82.5 cm³/mol. The molecule has 2 nitrogen and oxygen atoms in total. The first-order chi connectivity index (χ1) is 9.24. The monoisotopic (exact) mass is 295 g/mol. The van der Waals surface area contributed by atoms with E-state index in [0.717, 1.165) is 22.2 Å². The van der Waals surface area contributed by atoms with Crippen molar-refractivity contribution in [2.45, 2.75) is 32.1 Å². The Morgan fingerprint density at radius 2 is 2.32 bits per heavy atom. The zero-order valence-corrected chi connectivity index (χ0v) is 12.4. The van der Waals surface area contributed by atoms with Gasteiger partial charge in [-0.1, -0.05) is 23.3 Å². The van der Waals surface area contributed by atoms with Crippen LogP contribution in [0.1, 0.15) is 37.0 Å². The fourth-order valence-electron chi connectivity index (χ4n) is 2.11. The van der Waals surface area contributed by atoms with Gasteiger partial charge in [0.1, 0.15) is 0 Å². The molecule has 0 unspecified atom stereocenters. The zero-order chi connectivity index (χ0) is 13.5. The van der Waals surface area contributed by atoms with Crippen molar-refractivity contribution in [1.82, 2.24) is 5.32 Å². The largest absolute Gasteiger partial charge is 0.352 e. The molecule has 1 heterocycles. The van der Waals surface area contributed by atoms with Gasteiger partial charge >= 0.3 is 0 Å². The molecule has 1 N–H and O–H groups in total. The van der Waals surface area contributed by atoms with Gasteiger partial charge in [-0.2, -0.15) is 0 Å². The Kier molecular flexibility index (Phi) is 5.67. The van der Waals surface area contributed by atoms with Crippen LogP contribution < -0.4 is 5.32 Å². The molecule has 1 aromatic heterocycles. The molecule has 1 aliphatic carbocycles. The Balaban J connectivity index is 1.69. The average Bonchev–Trinajstić information content (AvgIpc) is 2.83. The van der Waals surface area contributed by atoms with Crippen molar-refractivity contribution in [1.29, 1.82) is 0 Å². The molecule has 0 aromatic carbocycles. The van der Waals surface area contributed by atoms with Crippen molar-refractivity contribution >= 4 is 34.9 Å². The fraction of sp³-hybridized carbons (Fsp3) is 0.400. The molecule has 0 atom stereocenters. The van der Waals surface area contributed by atoms with Gasteiger partial charge < -0.3 is 5.32 Å². The van der Waals surface area contributed by atoms with Crippen LogP contribution in [0.3, 0.4) is 0 Å². The number of thiophene rings is 1. The summed E-state index contributed by atoms with van der Waals surface area (Å²) in [6.07, 6.45) is 11.6. The van der Waals surface area contributed by atoms with Gasteiger partial charge in [0.25, 0.3) is 0 Å². The molecule has 0 saturated heterocycles. The first-order valence-electron chi connectivity index (χ1n) is 6.63. The van der Waals surface area contributed by atoms with Crippen LogP contribution in [0.15, 0.2) is 29.9 Å². The molecule has 2 rings (SSSR count). The summed E-state index contributed by atoms with van der Waals surface area (Å²) < 4.78 is 0.740. The highest BCUT2D eigenvalue weighted by molar-refractivity contribution is 7.17. The van der Waals surface area contributed by atoms with Crippen molar-refractivity contribution in [3.63, 3.8) is 0 Å². The first kappa shape index (κ1) is 14.4. The number of hydrogen-bond donors (Lipinski definition) is 1. The molecule has 1 amide bonds. The molecule has 0 saturated carbocycles. The fourth-order valence-corrected chi connectivity index (χ4v) is 3.08. The number of nitrogens with one attached hydrogen (secondary N) is 1. The third-order valence-electron chi connectivity index (χ3n) is 3.12. The molecular formula is C15H18ClNOS. The molecule has 0 fully saturated rings. The summed E-state index contributed by atoms with van der Waals surface area (Å²) in [5.41, 5.74) is 1.49. The Labute approximate surface area is 123 Å². The summed E-state index contributed by atoms with van der Waals surface area (Å²) in [7, 11) is 0. The van der Waals surface area contributed by atoms with E-state index in [9.17, 15) is 4.79 Å². The van der Waals surface area contributed by atoms with Gasteiger partial charge in [0.15, 0.2) is 0 Å². The lowest BCUT2D eigenvalue weighted by molar-refractivity contribution is -0.116. The third-order valence-corrected chi connectivity index (χ3v) is 4.32. The molecule has 4 heteroatoms. The Morgan fingerprint density at radius 1 is 1.42 bits per heavy atom. The topological polar surface area (TPSA) is 29.1 Å². The average molecular weight is 296 g/mol. The highest BCUT2D eigenvalue weighted by Crippen LogP contribution is 2.22. The zero-order valence-electron chi connectivity index (χ0n) is 10.8. The highest BCUT2D eigenvalue weighted by atomic mass is 35.5. The second-order valence-corrected chi connectivity index (χ2v) is 6.37. The summed E-state index contributed by atoms with van der Waals surface area (Å²) in [5, 5.41) is 2.91. The summed E-state index contributed by atoms with van der Waals surface area (Å²) in [6.45, 7) is 0.722. The number of allylic oxidation sites excluding steroid dienone is 1. The van der Waals surface area contributed by atoms with E-state index in [1.165, 1.54) is 42.6 Å². The minimum Gasteiger partial charge on any atom is -0.352 e. The third kappa shape index (κ3) is 5.21. The van der Waals surface area contributed by atoms with E-state index in [4.69, 9.17) is 11.6 Å². The molecule has 1 aliphatic rings. The predicted octanol–water partition coefficient (Wildman–Crippen LogP) is 4.42. The number of carbonyl (C=O) groups excluding carboxylic acids is 1. The second kappa shape index (κ2) is 7.51.